The lowest BCUT2D eigenvalue weighted by Gasteiger charge is -2.09. The van der Waals surface area contributed by atoms with E-state index in [0.29, 0.717) is 18.3 Å². The topological polar surface area (TPSA) is 47.8 Å². The second-order valence-electron chi connectivity index (χ2n) is 5.08. The molecule has 0 saturated heterocycles. The summed E-state index contributed by atoms with van der Waals surface area (Å²) in [5.41, 5.74) is 0.0907. The summed E-state index contributed by atoms with van der Waals surface area (Å²) in [4.78, 5) is 16.3. The Morgan fingerprint density at radius 1 is 1.38 bits per heavy atom. The lowest BCUT2D eigenvalue weighted by molar-refractivity contribution is 0.0987. The van der Waals surface area contributed by atoms with Gasteiger partial charge in [0, 0.05) is 12.1 Å². The highest BCUT2D eigenvalue weighted by Crippen LogP contribution is 2.24. The second kappa shape index (κ2) is 6.43. The molecule has 0 aliphatic heterocycles. The second-order valence-corrected chi connectivity index (χ2v) is 5.87. The minimum Gasteiger partial charge on any atom is -0.294 e. The molecule has 4 nitrogen and oxygen atoms in total. The maximum absolute atomic E-state index is 13.5. The van der Waals surface area contributed by atoms with Crippen LogP contribution in [0.2, 0.25) is 0 Å². The summed E-state index contributed by atoms with van der Waals surface area (Å²) in [6.07, 6.45) is 1.36. The van der Waals surface area contributed by atoms with Crippen LogP contribution in [0.1, 0.15) is 30.0 Å². The lowest BCUT2D eigenvalue weighted by atomic mass is 10.1. The maximum Gasteiger partial charge on any atom is 0.173 e. The van der Waals surface area contributed by atoms with Gasteiger partial charge >= 0.3 is 0 Å². The van der Waals surface area contributed by atoms with Gasteiger partial charge in [0.2, 0.25) is 0 Å². The highest BCUT2D eigenvalue weighted by Gasteiger charge is 2.19. The van der Waals surface area contributed by atoms with Crippen LogP contribution < -0.4 is 0 Å². The van der Waals surface area contributed by atoms with Gasteiger partial charge in [-0.05, 0) is 34.0 Å². The number of Topliss-reactive ketones (excluding diaryl/α,β-unsaturated/α-hetero) is 1. The van der Waals surface area contributed by atoms with Crippen LogP contribution in [0.4, 0.5) is 8.78 Å². The first-order valence-electron chi connectivity index (χ1n) is 6.43. The van der Waals surface area contributed by atoms with E-state index >= 15 is 0 Å². The van der Waals surface area contributed by atoms with E-state index in [1.165, 1.54) is 12.4 Å². The van der Waals surface area contributed by atoms with E-state index < -0.39 is 11.6 Å². The highest BCUT2D eigenvalue weighted by molar-refractivity contribution is 9.10. The number of ketones is 1. The minimum atomic E-state index is -1.07. The van der Waals surface area contributed by atoms with Crippen LogP contribution in [0.15, 0.2) is 22.9 Å². The Morgan fingerprint density at radius 2 is 2.10 bits per heavy atom. The van der Waals surface area contributed by atoms with E-state index in [4.69, 9.17) is 0 Å². The van der Waals surface area contributed by atoms with E-state index in [1.807, 2.05) is 13.8 Å². The van der Waals surface area contributed by atoms with Crippen LogP contribution in [-0.4, -0.2) is 20.5 Å². The molecule has 2 rings (SSSR count). The van der Waals surface area contributed by atoms with Crippen LogP contribution in [0.5, 0.6) is 0 Å². The molecule has 1 heterocycles. The maximum atomic E-state index is 13.5. The van der Waals surface area contributed by atoms with Crippen molar-refractivity contribution in [2.75, 3.05) is 0 Å². The van der Waals surface area contributed by atoms with Crippen LogP contribution in [0, 0.1) is 17.6 Å². The van der Waals surface area contributed by atoms with Crippen LogP contribution in [-0.2, 0) is 13.0 Å². The average molecular weight is 358 g/mol. The Hall–Kier alpha value is -1.63. The fourth-order valence-electron chi connectivity index (χ4n) is 1.90. The third-order valence-corrected chi connectivity index (χ3v) is 3.66. The Balaban J connectivity index is 2.23. The van der Waals surface area contributed by atoms with Gasteiger partial charge in [0.15, 0.2) is 17.4 Å². The summed E-state index contributed by atoms with van der Waals surface area (Å²) >= 11 is 2.92. The smallest absolute Gasteiger partial charge is 0.173 e. The van der Waals surface area contributed by atoms with Crippen molar-refractivity contribution < 1.29 is 13.6 Å². The molecule has 7 heteroatoms. The number of halogens is 3. The summed E-state index contributed by atoms with van der Waals surface area (Å²) in [5.74, 6) is -1.55. The lowest BCUT2D eigenvalue weighted by Crippen LogP contribution is -2.15. The van der Waals surface area contributed by atoms with Crippen LogP contribution >= 0.6 is 15.9 Å². The minimum absolute atomic E-state index is 0.0175. The van der Waals surface area contributed by atoms with Gasteiger partial charge in [0.1, 0.15) is 12.2 Å². The Kier molecular flexibility index (Phi) is 4.82. The number of hydrogen-bond acceptors (Lipinski definition) is 3. The predicted octanol–water partition coefficient (Wildman–Crippen LogP) is 3.40. The molecule has 0 bridgehead atoms. The van der Waals surface area contributed by atoms with Gasteiger partial charge in [-0.25, -0.2) is 18.4 Å². The zero-order chi connectivity index (χ0) is 15.6. The van der Waals surface area contributed by atoms with Gasteiger partial charge in [0.25, 0.3) is 0 Å². The third kappa shape index (κ3) is 3.53. The molecule has 0 amide bonds. The van der Waals surface area contributed by atoms with E-state index in [9.17, 15) is 13.6 Å². The van der Waals surface area contributed by atoms with Crippen molar-refractivity contribution in [2.24, 2.45) is 5.92 Å². The predicted molar refractivity (Wildman–Crippen MR) is 77.0 cm³/mol. The summed E-state index contributed by atoms with van der Waals surface area (Å²) < 4.78 is 28.0. The molecule has 1 aromatic heterocycles. The average Bonchev–Trinajstić information content (AvgIpc) is 2.82. The molecule has 0 atom stereocenters. The molecule has 0 radical (unpaired) electrons. The first-order valence-corrected chi connectivity index (χ1v) is 7.22. The molecule has 0 saturated carbocycles. The van der Waals surface area contributed by atoms with Crippen molar-refractivity contribution in [1.29, 1.82) is 0 Å². The number of carbonyl (C=O) groups excluding carboxylic acids is 1. The van der Waals surface area contributed by atoms with Gasteiger partial charge in [-0.2, -0.15) is 5.10 Å². The van der Waals surface area contributed by atoms with Gasteiger partial charge in [-0.15, -0.1) is 0 Å². The molecule has 2 aromatic rings. The first kappa shape index (κ1) is 15.8. The number of nitrogens with zero attached hydrogens (tertiary/aromatic N) is 3. The van der Waals surface area contributed by atoms with Crippen LogP contribution in [0.3, 0.4) is 0 Å². The molecule has 21 heavy (non-hydrogen) atoms. The summed E-state index contributed by atoms with van der Waals surface area (Å²) in [6, 6.07) is 2.19. The molecule has 0 N–H and O–H groups in total. The van der Waals surface area contributed by atoms with Crippen molar-refractivity contribution in [3.8, 4) is 0 Å². The molecular weight excluding hydrogens is 344 g/mol. The Bertz CT molecular complexity index is 670. The van der Waals surface area contributed by atoms with Gasteiger partial charge in [-0.3, -0.25) is 4.79 Å². The fourth-order valence-corrected chi connectivity index (χ4v) is 2.45. The van der Waals surface area contributed by atoms with Crippen molar-refractivity contribution in [3.63, 3.8) is 0 Å². The Morgan fingerprint density at radius 3 is 2.76 bits per heavy atom. The number of hydrogen-bond donors (Lipinski definition) is 0. The van der Waals surface area contributed by atoms with Gasteiger partial charge in [0.05, 0.1) is 10.9 Å². The van der Waals surface area contributed by atoms with E-state index in [2.05, 4.69) is 26.0 Å². The highest BCUT2D eigenvalue weighted by atomic mass is 79.9. The zero-order valence-electron chi connectivity index (χ0n) is 11.6. The molecule has 0 fully saturated rings. The number of carbonyl (C=O) groups is 1. The van der Waals surface area contributed by atoms with E-state index in [-0.39, 0.29) is 22.2 Å². The largest absolute Gasteiger partial charge is 0.294 e. The van der Waals surface area contributed by atoms with Crippen molar-refractivity contribution in [3.05, 3.63) is 46.0 Å². The first-order chi connectivity index (χ1) is 9.90. The molecular formula is C14H14BrF2N3O. The number of rotatable bonds is 5. The molecule has 112 valence electrons. The monoisotopic (exact) mass is 357 g/mol. The van der Waals surface area contributed by atoms with Gasteiger partial charge < -0.3 is 0 Å². The summed E-state index contributed by atoms with van der Waals surface area (Å²) in [6.45, 7) is 4.69. The van der Waals surface area contributed by atoms with Gasteiger partial charge in [-0.1, -0.05) is 13.8 Å². The fraction of sp³-hybridized carbons (Fsp3) is 0.357. The standard InChI is InChI=1S/C14H14BrF2N3O/c1-8(2)6-20-12(18-7-19-20)5-11(21)9-3-4-10(16)14(17)13(9)15/h3-4,7-8H,5-6H2,1-2H3. The van der Waals surface area contributed by atoms with Crippen molar-refractivity contribution in [2.45, 2.75) is 26.8 Å². The SMILES string of the molecule is CC(C)Cn1ncnc1CC(=O)c1ccc(F)c(F)c1Br. The van der Waals surface area contributed by atoms with Crippen LogP contribution in [0.25, 0.3) is 0 Å². The molecule has 0 spiro atoms. The third-order valence-electron chi connectivity index (χ3n) is 2.89. The van der Waals surface area contributed by atoms with Crippen molar-refractivity contribution >= 4 is 21.7 Å². The van der Waals surface area contributed by atoms with Crippen molar-refractivity contribution in [1.82, 2.24) is 14.8 Å². The zero-order valence-corrected chi connectivity index (χ0v) is 13.2. The molecule has 1 aromatic carbocycles. The molecule has 0 unspecified atom stereocenters. The number of benzene rings is 1. The number of aromatic nitrogens is 3. The summed E-state index contributed by atoms with van der Waals surface area (Å²) in [7, 11) is 0. The van der Waals surface area contributed by atoms with E-state index in [0.717, 1.165) is 6.07 Å². The van der Waals surface area contributed by atoms with E-state index in [1.54, 1.807) is 4.68 Å². The normalized spacial score (nSPS) is 11.1. The quantitative estimate of drug-likeness (QED) is 0.608. The molecule has 0 aliphatic carbocycles. The summed E-state index contributed by atoms with van der Waals surface area (Å²) in [5, 5.41) is 4.06. The Labute approximate surface area is 129 Å². The molecule has 0 aliphatic rings.